The Hall–Kier alpha value is -0.580. The monoisotopic (exact) mass is 269 g/mol. The van der Waals surface area contributed by atoms with Crippen LogP contribution in [0.1, 0.15) is 24.5 Å². The number of hydrogen-bond donors (Lipinski definition) is 1. The van der Waals surface area contributed by atoms with Gasteiger partial charge in [-0.2, -0.15) is 11.8 Å². The Labute approximate surface area is 112 Å². The van der Waals surface area contributed by atoms with E-state index in [4.69, 9.17) is 4.74 Å². The summed E-state index contributed by atoms with van der Waals surface area (Å²) in [4.78, 5) is 0. The van der Waals surface area contributed by atoms with Gasteiger partial charge in [0.25, 0.3) is 0 Å². The number of thioether (sulfide) groups is 1. The Morgan fingerprint density at radius 2 is 2.22 bits per heavy atom. The molecule has 1 saturated heterocycles. The molecule has 0 spiro atoms. The third-order valence-electron chi connectivity index (χ3n) is 3.28. The molecular formula is C14H20FNOS. The predicted molar refractivity (Wildman–Crippen MR) is 74.5 cm³/mol. The minimum atomic E-state index is -0.203. The highest BCUT2D eigenvalue weighted by Crippen LogP contribution is 2.19. The first-order valence-electron chi connectivity index (χ1n) is 6.39. The van der Waals surface area contributed by atoms with Crippen molar-refractivity contribution in [3.63, 3.8) is 0 Å². The summed E-state index contributed by atoms with van der Waals surface area (Å²) < 4.78 is 18.3. The fourth-order valence-corrected chi connectivity index (χ4v) is 3.30. The highest BCUT2D eigenvalue weighted by Gasteiger charge is 2.16. The van der Waals surface area contributed by atoms with Gasteiger partial charge in [0.05, 0.1) is 6.10 Å². The molecule has 0 aromatic heterocycles. The van der Waals surface area contributed by atoms with Crippen LogP contribution < -0.4 is 5.32 Å². The van der Waals surface area contributed by atoms with Gasteiger partial charge in [0.2, 0.25) is 0 Å². The molecule has 100 valence electrons. The van der Waals surface area contributed by atoms with E-state index >= 15 is 0 Å². The standard InChI is InChI=1S/C14H20FNOS/c1-17-14(11-4-6-12(15)7-5-11)9-16-13-3-2-8-18-10-13/h4-7,13-14,16H,2-3,8-10H2,1H3. The van der Waals surface area contributed by atoms with E-state index in [9.17, 15) is 4.39 Å². The lowest BCUT2D eigenvalue weighted by Crippen LogP contribution is -2.36. The summed E-state index contributed by atoms with van der Waals surface area (Å²) in [5.41, 5.74) is 1.02. The maximum Gasteiger partial charge on any atom is 0.123 e. The number of hydrogen-bond acceptors (Lipinski definition) is 3. The average molecular weight is 269 g/mol. The third-order valence-corrected chi connectivity index (χ3v) is 4.49. The molecule has 1 heterocycles. The third kappa shape index (κ3) is 3.97. The number of nitrogens with one attached hydrogen (secondary N) is 1. The second kappa shape index (κ2) is 7.12. The SMILES string of the molecule is COC(CNC1CCCSC1)c1ccc(F)cc1. The van der Waals surface area contributed by atoms with Gasteiger partial charge in [-0.25, -0.2) is 4.39 Å². The molecule has 0 saturated carbocycles. The van der Waals surface area contributed by atoms with Gasteiger partial charge in [-0.3, -0.25) is 0 Å². The Morgan fingerprint density at radius 1 is 1.44 bits per heavy atom. The van der Waals surface area contributed by atoms with Crippen LogP contribution in [0.2, 0.25) is 0 Å². The van der Waals surface area contributed by atoms with Crippen molar-refractivity contribution in [2.45, 2.75) is 25.0 Å². The summed E-state index contributed by atoms with van der Waals surface area (Å²) in [6.45, 7) is 0.785. The smallest absolute Gasteiger partial charge is 0.123 e. The zero-order valence-corrected chi connectivity index (χ0v) is 11.5. The zero-order valence-electron chi connectivity index (χ0n) is 10.7. The number of rotatable bonds is 5. The van der Waals surface area contributed by atoms with Gasteiger partial charge in [-0.05, 0) is 36.3 Å². The van der Waals surface area contributed by atoms with Crippen LogP contribution in [0.25, 0.3) is 0 Å². The van der Waals surface area contributed by atoms with Crippen molar-refractivity contribution in [2.24, 2.45) is 0 Å². The van der Waals surface area contributed by atoms with Gasteiger partial charge >= 0.3 is 0 Å². The molecule has 1 N–H and O–H groups in total. The lowest BCUT2D eigenvalue weighted by Gasteiger charge is -2.25. The van der Waals surface area contributed by atoms with Crippen LogP contribution >= 0.6 is 11.8 Å². The Balaban J connectivity index is 1.86. The van der Waals surface area contributed by atoms with Gasteiger partial charge in [0, 0.05) is 25.4 Å². The maximum absolute atomic E-state index is 12.9. The molecule has 1 aromatic rings. The molecule has 0 aliphatic carbocycles. The number of methoxy groups -OCH3 is 1. The molecule has 0 bridgehead atoms. The van der Waals surface area contributed by atoms with Crippen molar-refractivity contribution in [2.75, 3.05) is 25.2 Å². The molecule has 4 heteroatoms. The summed E-state index contributed by atoms with van der Waals surface area (Å²) in [6, 6.07) is 7.14. The van der Waals surface area contributed by atoms with Crippen molar-refractivity contribution in [1.82, 2.24) is 5.32 Å². The fraction of sp³-hybridized carbons (Fsp3) is 0.571. The van der Waals surface area contributed by atoms with E-state index in [1.54, 1.807) is 19.2 Å². The van der Waals surface area contributed by atoms with Crippen LogP contribution in [-0.4, -0.2) is 31.2 Å². The second-order valence-electron chi connectivity index (χ2n) is 4.60. The molecule has 1 fully saturated rings. The molecule has 2 unspecified atom stereocenters. The molecule has 18 heavy (non-hydrogen) atoms. The summed E-state index contributed by atoms with van der Waals surface area (Å²) in [5.74, 6) is 2.26. The summed E-state index contributed by atoms with van der Waals surface area (Å²) >= 11 is 2.01. The van der Waals surface area contributed by atoms with E-state index in [1.807, 2.05) is 11.8 Å². The Kier molecular flexibility index (Phi) is 5.47. The minimum Gasteiger partial charge on any atom is -0.375 e. The molecular weight excluding hydrogens is 249 g/mol. The van der Waals surface area contributed by atoms with E-state index in [1.165, 1.54) is 36.5 Å². The van der Waals surface area contributed by atoms with Gasteiger partial charge < -0.3 is 10.1 Å². The topological polar surface area (TPSA) is 21.3 Å². The van der Waals surface area contributed by atoms with Gasteiger partial charge in [-0.15, -0.1) is 0 Å². The van der Waals surface area contributed by atoms with Gasteiger partial charge in [-0.1, -0.05) is 12.1 Å². The van der Waals surface area contributed by atoms with Crippen molar-refractivity contribution in [1.29, 1.82) is 0 Å². The molecule has 1 aliphatic rings. The molecule has 2 atom stereocenters. The number of benzene rings is 1. The Morgan fingerprint density at radius 3 is 2.83 bits per heavy atom. The maximum atomic E-state index is 12.9. The molecule has 2 rings (SSSR count). The highest BCUT2D eigenvalue weighted by atomic mass is 32.2. The minimum absolute atomic E-state index is 0.00229. The summed E-state index contributed by atoms with van der Waals surface area (Å²) in [7, 11) is 1.70. The predicted octanol–water partition coefficient (Wildman–Crippen LogP) is 3.00. The average Bonchev–Trinajstić information content (AvgIpc) is 2.42. The van der Waals surface area contributed by atoms with Crippen LogP contribution in [0.4, 0.5) is 4.39 Å². The first-order valence-corrected chi connectivity index (χ1v) is 7.54. The molecule has 0 amide bonds. The quantitative estimate of drug-likeness (QED) is 0.888. The number of halogens is 1. The lowest BCUT2D eigenvalue weighted by molar-refractivity contribution is 0.0996. The first kappa shape index (κ1) is 13.8. The molecule has 1 aliphatic heterocycles. The fourth-order valence-electron chi connectivity index (χ4n) is 2.19. The second-order valence-corrected chi connectivity index (χ2v) is 5.75. The largest absolute Gasteiger partial charge is 0.375 e. The van der Waals surface area contributed by atoms with Crippen LogP contribution in [0.3, 0.4) is 0 Å². The van der Waals surface area contributed by atoms with E-state index < -0.39 is 0 Å². The molecule has 0 radical (unpaired) electrons. The Bertz CT molecular complexity index is 351. The first-order chi connectivity index (χ1) is 8.79. The van der Waals surface area contributed by atoms with Crippen LogP contribution in [0.5, 0.6) is 0 Å². The summed E-state index contributed by atoms with van der Waals surface area (Å²) in [6.07, 6.45) is 2.53. The van der Waals surface area contributed by atoms with Crippen molar-refractivity contribution >= 4 is 11.8 Å². The van der Waals surface area contributed by atoms with Crippen LogP contribution in [-0.2, 0) is 4.74 Å². The zero-order chi connectivity index (χ0) is 12.8. The van der Waals surface area contributed by atoms with E-state index in [0.29, 0.717) is 6.04 Å². The van der Waals surface area contributed by atoms with Crippen molar-refractivity contribution < 1.29 is 9.13 Å². The van der Waals surface area contributed by atoms with Crippen LogP contribution in [0, 0.1) is 5.82 Å². The van der Waals surface area contributed by atoms with Crippen molar-refractivity contribution in [3.05, 3.63) is 35.6 Å². The van der Waals surface area contributed by atoms with Gasteiger partial charge in [0.1, 0.15) is 5.82 Å². The molecule has 2 nitrogen and oxygen atoms in total. The van der Waals surface area contributed by atoms with Gasteiger partial charge in [0.15, 0.2) is 0 Å². The summed E-state index contributed by atoms with van der Waals surface area (Å²) in [5, 5.41) is 3.55. The van der Waals surface area contributed by atoms with E-state index in [0.717, 1.165) is 12.1 Å². The highest BCUT2D eigenvalue weighted by molar-refractivity contribution is 7.99. The van der Waals surface area contributed by atoms with Crippen LogP contribution in [0.15, 0.2) is 24.3 Å². The van der Waals surface area contributed by atoms with E-state index in [-0.39, 0.29) is 11.9 Å². The lowest BCUT2D eigenvalue weighted by atomic mass is 10.1. The normalized spacial score (nSPS) is 21.8. The molecule has 1 aromatic carbocycles. The number of ether oxygens (including phenoxy) is 1. The van der Waals surface area contributed by atoms with E-state index in [2.05, 4.69) is 5.32 Å². The van der Waals surface area contributed by atoms with Crippen molar-refractivity contribution in [3.8, 4) is 0 Å².